The molecule has 2 aliphatic heterocycles. The molecule has 0 radical (unpaired) electrons. The Labute approximate surface area is 146 Å². The van der Waals surface area contributed by atoms with Crippen molar-refractivity contribution in [2.24, 2.45) is 12.8 Å². The van der Waals surface area contributed by atoms with Crippen molar-refractivity contribution < 1.29 is 9.59 Å². The van der Waals surface area contributed by atoms with Crippen LogP contribution in [0.15, 0.2) is 36.7 Å². The number of imidazole rings is 1. The van der Waals surface area contributed by atoms with Crippen molar-refractivity contribution in [1.29, 1.82) is 0 Å². The van der Waals surface area contributed by atoms with Gasteiger partial charge in [-0.15, -0.1) is 0 Å². The van der Waals surface area contributed by atoms with Gasteiger partial charge in [0.1, 0.15) is 12.4 Å². The zero-order chi connectivity index (χ0) is 17.6. The number of carbonyl (C=O) groups excluding carboxylic acids is 2. The van der Waals surface area contributed by atoms with E-state index >= 15 is 0 Å². The number of likely N-dealkylation sites (tertiary alicyclic amines) is 1. The van der Waals surface area contributed by atoms with Crippen LogP contribution in [0.2, 0.25) is 0 Å². The van der Waals surface area contributed by atoms with Gasteiger partial charge in [-0.1, -0.05) is 18.2 Å². The highest BCUT2D eigenvalue weighted by Crippen LogP contribution is 2.47. The minimum absolute atomic E-state index is 0.0187. The highest BCUT2D eigenvalue weighted by atomic mass is 16.2. The molecule has 1 saturated heterocycles. The van der Waals surface area contributed by atoms with Crippen molar-refractivity contribution in [2.45, 2.75) is 18.4 Å². The summed E-state index contributed by atoms with van der Waals surface area (Å²) in [5.74, 6) is 0.461. The standard InChI is InChI=1S/C18H21N5O2/c1-21-9-7-20-16(21)11-22-8-6-18(12-22)13-4-2-3-5-14(13)23(17(18)25)10-15(19)24/h2-5,7,9H,6,8,10-12H2,1H3,(H2,19,24). The van der Waals surface area contributed by atoms with Gasteiger partial charge < -0.3 is 15.2 Å². The molecule has 2 aliphatic rings. The average Bonchev–Trinajstić information content (AvgIpc) is 3.25. The molecule has 1 aromatic heterocycles. The lowest BCUT2D eigenvalue weighted by Crippen LogP contribution is -2.45. The van der Waals surface area contributed by atoms with Gasteiger partial charge in [0.25, 0.3) is 0 Å². The Bertz CT molecular complexity index is 845. The smallest absolute Gasteiger partial charge is 0.239 e. The number of hydrogen-bond donors (Lipinski definition) is 1. The largest absolute Gasteiger partial charge is 0.368 e. The molecule has 7 heteroatoms. The fourth-order valence-corrected chi connectivity index (χ4v) is 4.08. The second kappa shape index (κ2) is 5.70. The van der Waals surface area contributed by atoms with E-state index in [4.69, 9.17) is 5.73 Å². The van der Waals surface area contributed by atoms with E-state index in [9.17, 15) is 9.59 Å². The summed E-state index contributed by atoms with van der Waals surface area (Å²) in [6.07, 6.45) is 4.44. The lowest BCUT2D eigenvalue weighted by molar-refractivity contribution is -0.125. The van der Waals surface area contributed by atoms with Gasteiger partial charge in [-0.3, -0.25) is 14.5 Å². The van der Waals surface area contributed by atoms with Crippen molar-refractivity contribution in [3.63, 3.8) is 0 Å². The molecule has 2 amide bonds. The quantitative estimate of drug-likeness (QED) is 0.874. The summed E-state index contributed by atoms with van der Waals surface area (Å²) >= 11 is 0. The van der Waals surface area contributed by atoms with Gasteiger partial charge in [-0.2, -0.15) is 0 Å². The maximum absolute atomic E-state index is 13.2. The molecule has 3 heterocycles. The lowest BCUT2D eigenvalue weighted by atomic mass is 9.81. The first-order valence-electron chi connectivity index (χ1n) is 8.39. The fourth-order valence-electron chi connectivity index (χ4n) is 4.08. The number of primary amides is 1. The first-order chi connectivity index (χ1) is 12.0. The highest BCUT2D eigenvalue weighted by Gasteiger charge is 2.54. The number of anilines is 1. The number of nitrogens with two attached hydrogens (primary N) is 1. The molecule has 1 unspecified atom stereocenters. The lowest BCUT2D eigenvalue weighted by Gasteiger charge is -2.24. The molecule has 4 rings (SSSR count). The normalized spacial score (nSPS) is 22.8. The number of carbonyl (C=O) groups is 2. The van der Waals surface area contributed by atoms with E-state index in [2.05, 4.69) is 9.88 Å². The zero-order valence-corrected chi connectivity index (χ0v) is 14.2. The molecule has 7 nitrogen and oxygen atoms in total. The van der Waals surface area contributed by atoms with Crippen LogP contribution in [0.25, 0.3) is 0 Å². The van der Waals surface area contributed by atoms with Crippen LogP contribution in [-0.2, 0) is 28.6 Å². The average molecular weight is 339 g/mol. The molecule has 130 valence electrons. The van der Waals surface area contributed by atoms with Gasteiger partial charge in [0.15, 0.2) is 0 Å². The summed E-state index contributed by atoms with van der Waals surface area (Å²) in [5.41, 5.74) is 6.59. The molecule has 25 heavy (non-hydrogen) atoms. The fraction of sp³-hybridized carbons (Fsp3) is 0.389. The third-order valence-corrected chi connectivity index (χ3v) is 5.31. The van der Waals surface area contributed by atoms with Gasteiger partial charge in [-0.25, -0.2) is 4.98 Å². The molecule has 1 spiro atoms. The third-order valence-electron chi connectivity index (χ3n) is 5.31. The number of hydrogen-bond acceptors (Lipinski definition) is 4. The number of para-hydroxylation sites is 1. The predicted octanol–water partition coefficient (Wildman–Crippen LogP) is 0.396. The molecule has 0 bridgehead atoms. The van der Waals surface area contributed by atoms with E-state index < -0.39 is 11.3 Å². The molecule has 2 aromatic rings. The van der Waals surface area contributed by atoms with E-state index in [1.807, 2.05) is 42.1 Å². The third kappa shape index (κ3) is 2.42. The number of aryl methyl sites for hydroxylation is 1. The van der Waals surface area contributed by atoms with Crippen LogP contribution < -0.4 is 10.6 Å². The molecule has 0 aliphatic carbocycles. The van der Waals surface area contributed by atoms with Crippen LogP contribution in [0, 0.1) is 0 Å². The number of fused-ring (bicyclic) bond motifs is 2. The van der Waals surface area contributed by atoms with Gasteiger partial charge >= 0.3 is 0 Å². The highest BCUT2D eigenvalue weighted by molar-refractivity contribution is 6.11. The van der Waals surface area contributed by atoms with Crippen LogP contribution in [-0.4, -0.2) is 45.9 Å². The van der Waals surface area contributed by atoms with E-state index in [1.54, 1.807) is 11.1 Å². The summed E-state index contributed by atoms with van der Waals surface area (Å²) in [6.45, 7) is 2.08. The van der Waals surface area contributed by atoms with Crippen molar-refractivity contribution >= 4 is 17.5 Å². The Morgan fingerprint density at radius 1 is 1.36 bits per heavy atom. The maximum atomic E-state index is 13.2. The first kappa shape index (κ1) is 15.8. The van der Waals surface area contributed by atoms with Gasteiger partial charge in [-0.05, 0) is 18.1 Å². The zero-order valence-electron chi connectivity index (χ0n) is 14.2. The van der Waals surface area contributed by atoms with Crippen molar-refractivity contribution in [1.82, 2.24) is 14.5 Å². The van der Waals surface area contributed by atoms with Crippen LogP contribution >= 0.6 is 0 Å². The van der Waals surface area contributed by atoms with Crippen LogP contribution in [0.5, 0.6) is 0 Å². The minimum atomic E-state index is -0.586. The minimum Gasteiger partial charge on any atom is -0.368 e. The van der Waals surface area contributed by atoms with Crippen molar-refractivity contribution in [3.8, 4) is 0 Å². The van der Waals surface area contributed by atoms with Crippen LogP contribution in [0.3, 0.4) is 0 Å². The topological polar surface area (TPSA) is 84.5 Å². The molecule has 1 aromatic carbocycles. The summed E-state index contributed by atoms with van der Waals surface area (Å²) in [6, 6.07) is 7.73. The van der Waals surface area contributed by atoms with Gasteiger partial charge in [0.2, 0.25) is 11.8 Å². The van der Waals surface area contributed by atoms with E-state index in [1.165, 1.54) is 0 Å². The number of benzene rings is 1. The van der Waals surface area contributed by atoms with Gasteiger partial charge in [0, 0.05) is 38.2 Å². The number of nitrogens with zero attached hydrogens (tertiary/aromatic N) is 4. The Kier molecular flexibility index (Phi) is 3.61. The van der Waals surface area contributed by atoms with E-state index in [-0.39, 0.29) is 12.5 Å². The molecular formula is C18H21N5O2. The van der Waals surface area contributed by atoms with Crippen LogP contribution in [0.1, 0.15) is 17.8 Å². The second-order valence-electron chi connectivity index (χ2n) is 6.87. The first-order valence-corrected chi connectivity index (χ1v) is 8.39. The second-order valence-corrected chi connectivity index (χ2v) is 6.87. The SMILES string of the molecule is Cn1ccnc1CN1CCC2(C1)C(=O)N(CC(N)=O)c1ccccc12. The molecular weight excluding hydrogens is 318 g/mol. The molecule has 1 atom stereocenters. The summed E-state index contributed by atoms with van der Waals surface area (Å²) < 4.78 is 1.99. The monoisotopic (exact) mass is 339 g/mol. The molecule has 1 fully saturated rings. The summed E-state index contributed by atoms with van der Waals surface area (Å²) in [5, 5.41) is 0. The van der Waals surface area contributed by atoms with Crippen molar-refractivity contribution in [2.75, 3.05) is 24.5 Å². The maximum Gasteiger partial charge on any atom is 0.239 e. The number of rotatable bonds is 4. The summed E-state index contributed by atoms with van der Waals surface area (Å²) in [4.78, 5) is 32.8. The Balaban J connectivity index is 1.64. The predicted molar refractivity (Wildman–Crippen MR) is 92.8 cm³/mol. The summed E-state index contributed by atoms with van der Waals surface area (Å²) in [7, 11) is 1.97. The van der Waals surface area contributed by atoms with E-state index in [0.29, 0.717) is 13.1 Å². The Hall–Kier alpha value is -2.67. The number of aromatic nitrogens is 2. The van der Waals surface area contributed by atoms with Gasteiger partial charge in [0.05, 0.1) is 12.0 Å². The van der Waals surface area contributed by atoms with Crippen molar-refractivity contribution in [3.05, 3.63) is 48.0 Å². The Morgan fingerprint density at radius 3 is 2.88 bits per heavy atom. The van der Waals surface area contributed by atoms with Crippen LogP contribution in [0.4, 0.5) is 5.69 Å². The Morgan fingerprint density at radius 2 is 2.16 bits per heavy atom. The van der Waals surface area contributed by atoms with E-state index in [0.717, 1.165) is 30.0 Å². The molecule has 0 saturated carbocycles. The number of amides is 2. The molecule has 2 N–H and O–H groups in total.